The van der Waals surface area contributed by atoms with Gasteiger partial charge in [-0.15, -0.1) is 0 Å². The number of hydrogen-bond donors (Lipinski definition) is 2. The molecular formula is C12H19ClN4O3S. The molecule has 2 rings (SSSR count). The van der Waals surface area contributed by atoms with Crippen LogP contribution in [0.2, 0.25) is 5.02 Å². The predicted molar refractivity (Wildman–Crippen MR) is 80.5 cm³/mol. The summed E-state index contributed by atoms with van der Waals surface area (Å²) in [5, 5.41) is 0.169. The molecule has 9 heteroatoms. The van der Waals surface area contributed by atoms with Crippen LogP contribution in [-0.2, 0) is 14.8 Å². The maximum absolute atomic E-state index is 12.5. The molecule has 1 fully saturated rings. The second-order valence-corrected chi connectivity index (χ2v) is 7.05. The van der Waals surface area contributed by atoms with Gasteiger partial charge in [-0.05, 0) is 25.8 Å². The predicted octanol–water partition coefficient (Wildman–Crippen LogP) is 1.21. The Balaban J connectivity index is 2.14. The van der Waals surface area contributed by atoms with Crippen LogP contribution in [0.4, 0.5) is 5.82 Å². The molecule has 1 aliphatic heterocycles. The number of nitrogens with one attached hydrogen (secondary N) is 1. The average molecular weight is 335 g/mol. The van der Waals surface area contributed by atoms with E-state index in [1.165, 1.54) is 16.6 Å². The van der Waals surface area contributed by atoms with Gasteiger partial charge in [-0.2, -0.15) is 4.31 Å². The van der Waals surface area contributed by atoms with Crippen LogP contribution in [0.15, 0.2) is 17.2 Å². The summed E-state index contributed by atoms with van der Waals surface area (Å²) < 4.78 is 32.0. The van der Waals surface area contributed by atoms with Crippen molar-refractivity contribution in [1.29, 1.82) is 0 Å². The van der Waals surface area contributed by atoms with E-state index in [1.807, 2.05) is 6.92 Å². The molecule has 118 valence electrons. The minimum atomic E-state index is -3.59. The van der Waals surface area contributed by atoms with Crippen LogP contribution in [0, 0.1) is 0 Å². The summed E-state index contributed by atoms with van der Waals surface area (Å²) in [6, 6.07) is 1.35. The van der Waals surface area contributed by atoms with E-state index in [1.54, 1.807) is 0 Å². The minimum Gasteiger partial charge on any atom is -0.378 e. The summed E-state index contributed by atoms with van der Waals surface area (Å²) in [7, 11) is -3.59. The van der Waals surface area contributed by atoms with E-state index >= 15 is 0 Å². The van der Waals surface area contributed by atoms with Crippen LogP contribution in [0.3, 0.4) is 0 Å². The molecule has 0 aliphatic carbocycles. The first-order chi connectivity index (χ1) is 9.98. The zero-order valence-corrected chi connectivity index (χ0v) is 13.3. The van der Waals surface area contributed by atoms with Gasteiger partial charge in [-0.25, -0.2) is 19.2 Å². The zero-order chi connectivity index (χ0) is 15.5. The highest BCUT2D eigenvalue weighted by Crippen LogP contribution is 2.26. The van der Waals surface area contributed by atoms with Gasteiger partial charge in [0.15, 0.2) is 5.82 Å². The summed E-state index contributed by atoms with van der Waals surface area (Å²) >= 11 is 5.93. The summed E-state index contributed by atoms with van der Waals surface area (Å²) in [4.78, 5) is 3.97. The van der Waals surface area contributed by atoms with Crippen molar-refractivity contribution in [3.8, 4) is 0 Å². The van der Waals surface area contributed by atoms with E-state index in [2.05, 4.69) is 10.4 Å². The molecule has 1 aromatic rings. The second-order valence-electron chi connectivity index (χ2n) is 4.70. The van der Waals surface area contributed by atoms with Gasteiger partial charge in [0, 0.05) is 25.9 Å². The fraction of sp³-hybridized carbons (Fsp3) is 0.583. The molecule has 3 N–H and O–H groups in total. The lowest BCUT2D eigenvalue weighted by Crippen LogP contribution is -2.40. The van der Waals surface area contributed by atoms with Gasteiger partial charge in [-0.3, -0.25) is 0 Å². The number of hydrogen-bond acceptors (Lipinski definition) is 6. The lowest BCUT2D eigenvalue weighted by molar-refractivity contribution is 0.0290. The monoisotopic (exact) mass is 334 g/mol. The maximum atomic E-state index is 12.5. The smallest absolute Gasteiger partial charge is 0.244 e. The Labute approximate surface area is 129 Å². The largest absolute Gasteiger partial charge is 0.378 e. The molecular weight excluding hydrogens is 316 g/mol. The number of halogens is 1. The fourth-order valence-corrected chi connectivity index (χ4v) is 4.02. The number of sulfonamides is 1. The zero-order valence-electron chi connectivity index (χ0n) is 11.8. The number of rotatable bonds is 5. The lowest BCUT2D eigenvalue weighted by Gasteiger charge is -2.30. The molecule has 0 unspecified atom stereocenters. The molecule has 0 amide bonds. The van der Waals surface area contributed by atoms with E-state index < -0.39 is 10.0 Å². The number of nitrogens with zero attached hydrogens (tertiary/aromatic N) is 2. The first-order valence-corrected chi connectivity index (χ1v) is 8.54. The van der Waals surface area contributed by atoms with Crippen LogP contribution in [-0.4, -0.2) is 43.5 Å². The Morgan fingerprint density at radius 2 is 2.19 bits per heavy atom. The highest BCUT2D eigenvalue weighted by Gasteiger charge is 2.30. The summed E-state index contributed by atoms with van der Waals surface area (Å²) in [6.07, 6.45) is 2.77. The van der Waals surface area contributed by atoms with E-state index in [-0.39, 0.29) is 21.8 Å². The van der Waals surface area contributed by atoms with Crippen LogP contribution in [0.1, 0.15) is 19.8 Å². The Kier molecular flexibility index (Phi) is 5.39. The highest BCUT2D eigenvalue weighted by atomic mass is 35.5. The van der Waals surface area contributed by atoms with Gasteiger partial charge >= 0.3 is 0 Å². The number of nitrogens with two attached hydrogens (primary N) is 1. The van der Waals surface area contributed by atoms with Crippen molar-refractivity contribution < 1.29 is 13.2 Å². The maximum Gasteiger partial charge on any atom is 0.244 e. The standard InChI is InChI=1S/C12H19ClN4O3S/c1-2-20-9-3-5-17(6-4-9)21(18,19)10-7-11(13)12(16-14)15-8-10/h7-9H,2-6,14H2,1H3,(H,15,16). The number of ether oxygens (including phenoxy) is 1. The second kappa shape index (κ2) is 6.89. The van der Waals surface area contributed by atoms with E-state index in [0.29, 0.717) is 32.5 Å². The van der Waals surface area contributed by atoms with Crippen molar-refractivity contribution in [3.05, 3.63) is 17.3 Å². The van der Waals surface area contributed by atoms with Gasteiger partial charge in [-0.1, -0.05) is 11.6 Å². The number of nitrogen functional groups attached to an aromatic ring is 1. The quantitative estimate of drug-likeness (QED) is 0.620. The van der Waals surface area contributed by atoms with Gasteiger partial charge in [0.05, 0.1) is 11.1 Å². The van der Waals surface area contributed by atoms with Crippen LogP contribution in [0.25, 0.3) is 0 Å². The average Bonchev–Trinajstić information content (AvgIpc) is 2.48. The first-order valence-electron chi connectivity index (χ1n) is 6.73. The summed E-state index contributed by atoms with van der Waals surface area (Å²) in [5.41, 5.74) is 2.31. The Hall–Kier alpha value is -0.930. The first kappa shape index (κ1) is 16.4. The number of piperidine rings is 1. The van der Waals surface area contributed by atoms with E-state index in [4.69, 9.17) is 22.2 Å². The highest BCUT2D eigenvalue weighted by molar-refractivity contribution is 7.89. The van der Waals surface area contributed by atoms with Gasteiger partial charge in [0.25, 0.3) is 0 Å². The molecule has 0 saturated carbocycles. The van der Waals surface area contributed by atoms with Crippen molar-refractivity contribution in [1.82, 2.24) is 9.29 Å². The Morgan fingerprint density at radius 3 is 2.71 bits per heavy atom. The lowest BCUT2D eigenvalue weighted by atomic mass is 10.1. The Morgan fingerprint density at radius 1 is 1.52 bits per heavy atom. The number of pyridine rings is 1. The number of hydrazine groups is 1. The molecule has 0 bridgehead atoms. The number of aromatic nitrogens is 1. The van der Waals surface area contributed by atoms with Crippen molar-refractivity contribution >= 4 is 27.4 Å². The van der Waals surface area contributed by atoms with Crippen molar-refractivity contribution in [2.45, 2.75) is 30.8 Å². The minimum absolute atomic E-state index is 0.0707. The molecule has 7 nitrogen and oxygen atoms in total. The third kappa shape index (κ3) is 3.64. The van der Waals surface area contributed by atoms with Crippen molar-refractivity contribution in [2.24, 2.45) is 5.84 Å². The molecule has 0 spiro atoms. The number of anilines is 1. The molecule has 1 aliphatic rings. The van der Waals surface area contributed by atoms with Crippen molar-refractivity contribution in [3.63, 3.8) is 0 Å². The Bertz CT molecular complexity index is 588. The molecule has 21 heavy (non-hydrogen) atoms. The SMILES string of the molecule is CCOC1CCN(S(=O)(=O)c2cnc(NN)c(Cl)c2)CC1. The molecule has 0 radical (unpaired) electrons. The van der Waals surface area contributed by atoms with Gasteiger partial charge in [0.1, 0.15) is 4.90 Å². The fourth-order valence-electron chi connectivity index (χ4n) is 2.29. The molecule has 2 heterocycles. The molecule has 1 saturated heterocycles. The van der Waals surface area contributed by atoms with E-state index in [0.717, 1.165) is 0 Å². The molecule has 1 aromatic heterocycles. The van der Waals surface area contributed by atoms with Crippen LogP contribution >= 0.6 is 11.6 Å². The topological polar surface area (TPSA) is 97.5 Å². The third-order valence-corrected chi connectivity index (χ3v) is 5.55. The van der Waals surface area contributed by atoms with Gasteiger partial charge in [0.2, 0.25) is 10.0 Å². The summed E-state index contributed by atoms with van der Waals surface area (Å²) in [5.74, 6) is 5.47. The summed E-state index contributed by atoms with van der Waals surface area (Å²) in [6.45, 7) is 3.44. The van der Waals surface area contributed by atoms with Gasteiger partial charge < -0.3 is 10.2 Å². The third-order valence-electron chi connectivity index (χ3n) is 3.39. The van der Waals surface area contributed by atoms with Crippen molar-refractivity contribution in [2.75, 3.05) is 25.1 Å². The van der Waals surface area contributed by atoms with E-state index in [9.17, 15) is 8.42 Å². The van der Waals surface area contributed by atoms with Crippen LogP contribution < -0.4 is 11.3 Å². The normalized spacial score (nSPS) is 17.9. The molecule has 0 atom stereocenters. The molecule has 0 aromatic carbocycles. The van der Waals surface area contributed by atoms with Crippen LogP contribution in [0.5, 0.6) is 0 Å².